The van der Waals surface area contributed by atoms with Crippen LogP contribution < -0.4 is 0 Å². The first-order valence-corrected chi connectivity index (χ1v) is 40.7. The zero-order chi connectivity index (χ0) is 78.2. The molecular formula is C84H144O20. The largest absolute Gasteiger partial charge is 0.457 e. The van der Waals surface area contributed by atoms with Crippen molar-refractivity contribution in [2.45, 2.75) is 384 Å². The Hall–Kier alpha value is -5.30. The highest BCUT2D eigenvalue weighted by atomic mass is 16.6. The Morgan fingerprint density at radius 3 is 1.05 bits per heavy atom. The average Bonchev–Trinajstić information content (AvgIpc) is 1.39. The smallest absolute Gasteiger partial charge is 0.344 e. The number of fused-ring (bicyclic) bond motifs is 2. The van der Waals surface area contributed by atoms with Crippen LogP contribution in [0, 0.1) is 57.7 Å². The predicted octanol–water partition coefficient (Wildman–Crippen LogP) is 18.5. The Balaban J connectivity index is 0.000000340. The molecule has 0 aromatic rings. The van der Waals surface area contributed by atoms with Gasteiger partial charge in [0.05, 0.1) is 28.1 Å². The molecule has 104 heavy (non-hydrogen) atoms. The summed E-state index contributed by atoms with van der Waals surface area (Å²) >= 11 is 0. The van der Waals surface area contributed by atoms with Crippen LogP contribution in [0.4, 0.5) is 0 Å². The third-order valence-electron chi connectivity index (χ3n) is 24.6. The number of hydrogen-bond acceptors (Lipinski definition) is 20. The summed E-state index contributed by atoms with van der Waals surface area (Å²) in [5, 5.41) is 0. The van der Waals surface area contributed by atoms with Crippen molar-refractivity contribution in [2.24, 2.45) is 57.7 Å². The van der Waals surface area contributed by atoms with Gasteiger partial charge in [0, 0.05) is 5.92 Å². The van der Waals surface area contributed by atoms with Crippen LogP contribution in [0.5, 0.6) is 0 Å². The molecule has 5 atom stereocenters. The Labute approximate surface area is 627 Å². The van der Waals surface area contributed by atoms with E-state index in [1.165, 1.54) is 70.6 Å². The molecule has 5 unspecified atom stereocenters. The van der Waals surface area contributed by atoms with E-state index in [1.54, 1.807) is 13.8 Å². The SMILES string of the molecule is CCC(C)(C)C(=O)OCC(=O)OC(C)(C1CCCCC1)C1CCCCC1.CCC(C)(C)C(=O)OCC(=O)OC1(C)CCCCC1.CCC(C)C(=O)OCC(=O)OC(C)(C)C1CC2CCC1C2.CCC(C)C(=O)OCC(=O)OC1(CC)CCCCC1.CCC1(OC(=O)COC(=O)C(C)(C)CC)CCCC1. The highest BCUT2D eigenvalue weighted by Crippen LogP contribution is 2.53. The van der Waals surface area contributed by atoms with E-state index in [9.17, 15) is 47.9 Å². The maximum absolute atomic E-state index is 12.6. The number of esters is 10. The van der Waals surface area contributed by atoms with Gasteiger partial charge in [-0.3, -0.25) is 24.0 Å². The van der Waals surface area contributed by atoms with E-state index in [-0.39, 0.29) is 97.5 Å². The Morgan fingerprint density at radius 1 is 0.375 bits per heavy atom. The summed E-state index contributed by atoms with van der Waals surface area (Å²) in [6.45, 7) is 35.0. The number of ether oxygens (including phenoxy) is 10. The molecule has 7 fully saturated rings. The summed E-state index contributed by atoms with van der Waals surface area (Å²) in [4.78, 5) is 119. The maximum Gasteiger partial charge on any atom is 0.344 e. The summed E-state index contributed by atoms with van der Waals surface area (Å²) in [6, 6.07) is 0. The standard InChI is InChI=1S/C22H38O4.C17H28O4.3C15H26O4/c1-5-21(2,3)20(24)25-16-19(23)26-22(4,17-12-8-6-9-13-17)18-14-10-7-11-15-18;1-5-11(2)16(19)20-10-15(18)21-17(3,4)14-9-12-6-7-13(14)8-12;1-5-14(2,3)13(17)18-11-12(16)19-15(4)9-7-6-8-10-15;1-5-14(3,4)13(17)18-11-12(16)19-15(6-2)9-7-8-10-15;1-4-12(3)14(17)18-11-13(16)19-15(5-2)9-7-6-8-10-15/h17-18H,5-16H2,1-4H3;11-14H,5-10H2,1-4H3;2*5-11H2,1-4H3;12H,4-11H2,1-3H3. The topological polar surface area (TPSA) is 263 Å². The second-order valence-electron chi connectivity index (χ2n) is 34.2. The molecule has 0 aliphatic heterocycles. The average molecular weight is 1470 g/mol. The highest BCUT2D eigenvalue weighted by Gasteiger charge is 2.49. The fraction of sp³-hybridized carbons (Fsp3) is 0.881. The molecule has 0 radical (unpaired) electrons. The molecule has 7 saturated carbocycles. The summed E-state index contributed by atoms with van der Waals surface area (Å²) < 4.78 is 53.6. The molecule has 0 spiro atoms. The summed E-state index contributed by atoms with van der Waals surface area (Å²) in [5.41, 5.74) is -3.53. The van der Waals surface area contributed by atoms with Crippen LogP contribution in [0.1, 0.15) is 356 Å². The molecule has 7 aliphatic carbocycles. The molecule has 0 saturated heterocycles. The van der Waals surface area contributed by atoms with E-state index in [0.717, 1.165) is 128 Å². The molecule has 0 aromatic heterocycles. The van der Waals surface area contributed by atoms with Crippen molar-refractivity contribution >= 4 is 59.7 Å². The second-order valence-corrected chi connectivity index (χ2v) is 34.2. The predicted molar refractivity (Wildman–Crippen MR) is 400 cm³/mol. The fourth-order valence-electron chi connectivity index (χ4n) is 15.4. The molecule has 0 N–H and O–H groups in total. The molecule has 7 aliphatic rings. The monoisotopic (exact) mass is 1470 g/mol. The Bertz CT molecular complexity index is 2640. The van der Waals surface area contributed by atoms with Crippen LogP contribution in [-0.2, 0) is 95.3 Å². The molecule has 0 heterocycles. The van der Waals surface area contributed by atoms with Gasteiger partial charge in [-0.1, -0.05) is 120 Å². The van der Waals surface area contributed by atoms with Crippen molar-refractivity contribution in [3.63, 3.8) is 0 Å². The number of carbonyl (C=O) groups excluding carboxylic acids is 10. The van der Waals surface area contributed by atoms with Gasteiger partial charge in [0.15, 0.2) is 33.0 Å². The summed E-state index contributed by atoms with van der Waals surface area (Å²) in [7, 11) is 0. The number of rotatable bonds is 30. The second kappa shape index (κ2) is 44.2. The normalized spacial score (nSPS) is 21.4. The zero-order valence-corrected chi connectivity index (χ0v) is 68.5. The molecule has 7 rings (SSSR count). The van der Waals surface area contributed by atoms with Gasteiger partial charge in [0.25, 0.3) is 0 Å². The van der Waals surface area contributed by atoms with Crippen molar-refractivity contribution in [1.29, 1.82) is 0 Å². The summed E-state index contributed by atoms with van der Waals surface area (Å²) in [6.07, 6.45) is 36.7. The summed E-state index contributed by atoms with van der Waals surface area (Å²) in [5.74, 6) is -1.26. The lowest BCUT2D eigenvalue weighted by molar-refractivity contribution is -0.185. The van der Waals surface area contributed by atoms with Crippen LogP contribution in [0.2, 0.25) is 0 Å². The molecule has 20 nitrogen and oxygen atoms in total. The Morgan fingerprint density at radius 2 is 0.702 bits per heavy atom. The number of carbonyl (C=O) groups is 10. The molecule has 2 bridgehead atoms. The van der Waals surface area contributed by atoms with E-state index in [4.69, 9.17) is 47.4 Å². The van der Waals surface area contributed by atoms with Gasteiger partial charge in [-0.2, -0.15) is 0 Å². The van der Waals surface area contributed by atoms with E-state index in [2.05, 4.69) is 6.92 Å². The Kier molecular flexibility index (Phi) is 39.5. The van der Waals surface area contributed by atoms with E-state index in [0.29, 0.717) is 55.8 Å². The van der Waals surface area contributed by atoms with Crippen molar-refractivity contribution in [2.75, 3.05) is 33.0 Å². The third-order valence-corrected chi connectivity index (χ3v) is 24.6. The lowest BCUT2D eigenvalue weighted by atomic mass is 9.67. The van der Waals surface area contributed by atoms with Crippen LogP contribution in [0.25, 0.3) is 0 Å². The minimum absolute atomic E-state index is 0.164. The van der Waals surface area contributed by atoms with Crippen LogP contribution in [0.15, 0.2) is 0 Å². The fourth-order valence-corrected chi connectivity index (χ4v) is 15.4. The van der Waals surface area contributed by atoms with E-state index >= 15 is 0 Å². The molecule has 600 valence electrons. The van der Waals surface area contributed by atoms with Crippen LogP contribution in [-0.4, -0.2) is 121 Å². The quantitative estimate of drug-likeness (QED) is 0.0478. The molecular weight excluding hydrogens is 1330 g/mol. The van der Waals surface area contributed by atoms with Gasteiger partial charge in [-0.05, 0) is 260 Å². The first-order chi connectivity index (χ1) is 48.8. The first-order valence-electron chi connectivity index (χ1n) is 40.7. The first kappa shape index (κ1) is 92.9. The van der Waals surface area contributed by atoms with Gasteiger partial charge in [-0.25, -0.2) is 24.0 Å². The van der Waals surface area contributed by atoms with Gasteiger partial charge in [0.1, 0.15) is 28.0 Å². The minimum atomic E-state index is -0.559. The van der Waals surface area contributed by atoms with Gasteiger partial charge < -0.3 is 47.4 Å². The van der Waals surface area contributed by atoms with Crippen LogP contribution >= 0.6 is 0 Å². The highest BCUT2D eigenvalue weighted by molar-refractivity contribution is 5.82. The molecule has 0 amide bonds. The van der Waals surface area contributed by atoms with Crippen molar-refractivity contribution < 1.29 is 95.3 Å². The lowest BCUT2D eigenvalue weighted by Crippen LogP contribution is -2.48. The van der Waals surface area contributed by atoms with Gasteiger partial charge in [-0.15, -0.1) is 0 Å². The van der Waals surface area contributed by atoms with Crippen LogP contribution in [0.3, 0.4) is 0 Å². The van der Waals surface area contributed by atoms with Crippen molar-refractivity contribution in [3.05, 3.63) is 0 Å². The zero-order valence-electron chi connectivity index (χ0n) is 68.5. The number of hydrogen-bond donors (Lipinski definition) is 0. The van der Waals surface area contributed by atoms with Crippen molar-refractivity contribution in [3.8, 4) is 0 Å². The third kappa shape index (κ3) is 30.8. The lowest BCUT2D eigenvalue weighted by Gasteiger charge is -2.46. The van der Waals surface area contributed by atoms with Gasteiger partial charge in [0.2, 0.25) is 0 Å². The van der Waals surface area contributed by atoms with Crippen molar-refractivity contribution in [1.82, 2.24) is 0 Å². The molecule has 0 aromatic carbocycles. The van der Waals surface area contributed by atoms with E-state index in [1.807, 2.05) is 111 Å². The molecule has 20 heteroatoms. The van der Waals surface area contributed by atoms with Gasteiger partial charge >= 0.3 is 59.7 Å². The minimum Gasteiger partial charge on any atom is -0.457 e. The van der Waals surface area contributed by atoms with E-state index < -0.39 is 51.3 Å². The maximum atomic E-state index is 12.6.